The molecule has 1 heterocycles. The molecule has 2 aromatic carbocycles. The van der Waals surface area contributed by atoms with Gasteiger partial charge in [0.2, 0.25) is 5.91 Å². The van der Waals surface area contributed by atoms with Gasteiger partial charge in [0.25, 0.3) is 5.56 Å². The van der Waals surface area contributed by atoms with Crippen LogP contribution in [0, 0.1) is 0 Å². The first-order chi connectivity index (χ1) is 13.4. The van der Waals surface area contributed by atoms with Crippen LogP contribution < -0.4 is 5.56 Å². The highest BCUT2D eigenvalue weighted by atomic mass is 35.5. The summed E-state index contributed by atoms with van der Waals surface area (Å²) in [6, 6.07) is 12.3. The van der Waals surface area contributed by atoms with E-state index in [1.807, 2.05) is 7.05 Å². The standard InChI is InChI=1S/C20H17Cl2N3O2S/c1-24(14-7-8-14)18(26)11-28-20-23-17-10-13(22)4-9-16(17)19(27)25(20)15-5-2-12(21)3-6-15/h2-6,9-10,14H,7-8,11H2,1H3. The Balaban J connectivity index is 1.77. The summed E-state index contributed by atoms with van der Waals surface area (Å²) in [7, 11) is 1.82. The zero-order valence-electron chi connectivity index (χ0n) is 15.1. The lowest BCUT2D eigenvalue weighted by Gasteiger charge is -2.17. The molecule has 1 amide bonds. The molecule has 0 radical (unpaired) electrons. The number of nitrogens with zero attached hydrogens (tertiary/aromatic N) is 3. The van der Waals surface area contributed by atoms with Crippen LogP contribution in [0.15, 0.2) is 52.4 Å². The van der Waals surface area contributed by atoms with Crippen LogP contribution in [0.4, 0.5) is 0 Å². The second-order valence-corrected chi connectivity index (χ2v) is 8.51. The monoisotopic (exact) mass is 433 g/mol. The third-order valence-electron chi connectivity index (χ3n) is 4.70. The van der Waals surface area contributed by atoms with Gasteiger partial charge in [0.15, 0.2) is 5.16 Å². The third kappa shape index (κ3) is 3.90. The van der Waals surface area contributed by atoms with Crippen molar-refractivity contribution >= 4 is 51.8 Å². The van der Waals surface area contributed by atoms with Gasteiger partial charge in [-0.1, -0.05) is 35.0 Å². The Bertz CT molecular complexity index is 1110. The van der Waals surface area contributed by atoms with E-state index < -0.39 is 0 Å². The van der Waals surface area contributed by atoms with Gasteiger partial charge in [-0.15, -0.1) is 0 Å². The summed E-state index contributed by atoms with van der Waals surface area (Å²) < 4.78 is 1.52. The van der Waals surface area contributed by atoms with Crippen LogP contribution in [0.3, 0.4) is 0 Å². The predicted molar refractivity (Wildman–Crippen MR) is 114 cm³/mol. The summed E-state index contributed by atoms with van der Waals surface area (Å²) in [5.74, 6) is 0.231. The molecular formula is C20H17Cl2N3O2S. The Labute approximate surface area is 176 Å². The van der Waals surface area contributed by atoms with Crippen LogP contribution in [-0.4, -0.2) is 39.2 Å². The van der Waals surface area contributed by atoms with Crippen molar-refractivity contribution in [1.82, 2.24) is 14.5 Å². The number of aromatic nitrogens is 2. The maximum absolute atomic E-state index is 13.2. The molecule has 1 aliphatic carbocycles. The Morgan fingerprint density at radius 3 is 2.54 bits per heavy atom. The molecule has 4 rings (SSSR count). The van der Waals surface area contributed by atoms with Gasteiger partial charge in [-0.25, -0.2) is 4.98 Å². The Kier molecular flexibility index (Phi) is 5.36. The SMILES string of the molecule is CN(C(=O)CSc1nc2cc(Cl)ccc2c(=O)n1-c1ccc(Cl)cc1)C1CC1. The van der Waals surface area contributed by atoms with Crippen molar-refractivity contribution in [2.75, 3.05) is 12.8 Å². The molecule has 5 nitrogen and oxygen atoms in total. The number of rotatable bonds is 5. The van der Waals surface area contributed by atoms with Gasteiger partial charge in [-0.2, -0.15) is 0 Å². The largest absolute Gasteiger partial charge is 0.342 e. The first-order valence-electron chi connectivity index (χ1n) is 8.81. The number of carbonyl (C=O) groups excluding carboxylic acids is 1. The highest BCUT2D eigenvalue weighted by Crippen LogP contribution is 2.28. The molecule has 28 heavy (non-hydrogen) atoms. The maximum Gasteiger partial charge on any atom is 0.266 e. The number of thioether (sulfide) groups is 1. The fourth-order valence-electron chi connectivity index (χ4n) is 2.95. The van der Waals surface area contributed by atoms with Crippen molar-refractivity contribution in [3.8, 4) is 5.69 Å². The third-order valence-corrected chi connectivity index (χ3v) is 6.11. The van der Waals surface area contributed by atoms with E-state index in [0.29, 0.717) is 37.8 Å². The molecule has 0 aliphatic heterocycles. The van der Waals surface area contributed by atoms with E-state index in [-0.39, 0.29) is 17.2 Å². The number of hydrogen-bond acceptors (Lipinski definition) is 4. The lowest BCUT2D eigenvalue weighted by molar-refractivity contribution is -0.127. The van der Waals surface area contributed by atoms with Crippen molar-refractivity contribution in [3.05, 3.63) is 62.9 Å². The van der Waals surface area contributed by atoms with Crippen LogP contribution in [0.2, 0.25) is 10.0 Å². The van der Waals surface area contributed by atoms with Crippen molar-refractivity contribution in [1.29, 1.82) is 0 Å². The highest BCUT2D eigenvalue weighted by Gasteiger charge is 2.29. The molecule has 0 unspecified atom stereocenters. The zero-order valence-corrected chi connectivity index (χ0v) is 17.4. The van der Waals surface area contributed by atoms with Crippen LogP contribution in [0.25, 0.3) is 16.6 Å². The molecule has 0 spiro atoms. The van der Waals surface area contributed by atoms with Gasteiger partial charge in [-0.05, 0) is 55.3 Å². The Hall–Kier alpha value is -2.02. The Morgan fingerprint density at radius 1 is 1.18 bits per heavy atom. The molecule has 144 valence electrons. The molecule has 3 aromatic rings. The minimum atomic E-state index is -0.213. The molecule has 1 saturated carbocycles. The minimum absolute atomic E-state index is 0.0237. The van der Waals surface area contributed by atoms with E-state index in [4.69, 9.17) is 23.2 Å². The Morgan fingerprint density at radius 2 is 1.86 bits per heavy atom. The first kappa shape index (κ1) is 19.3. The smallest absolute Gasteiger partial charge is 0.266 e. The van der Waals surface area contributed by atoms with Gasteiger partial charge >= 0.3 is 0 Å². The first-order valence-corrected chi connectivity index (χ1v) is 10.5. The lowest BCUT2D eigenvalue weighted by atomic mass is 10.2. The maximum atomic E-state index is 13.2. The molecule has 0 atom stereocenters. The van der Waals surface area contributed by atoms with Gasteiger partial charge < -0.3 is 4.90 Å². The van der Waals surface area contributed by atoms with Crippen LogP contribution in [-0.2, 0) is 4.79 Å². The predicted octanol–water partition coefficient (Wildman–Crippen LogP) is 4.41. The molecule has 1 aromatic heterocycles. The van der Waals surface area contributed by atoms with Crippen molar-refractivity contribution in [2.45, 2.75) is 24.0 Å². The number of amides is 1. The number of hydrogen-bond donors (Lipinski definition) is 0. The van der Waals surface area contributed by atoms with E-state index in [9.17, 15) is 9.59 Å². The summed E-state index contributed by atoms with van der Waals surface area (Å²) in [5, 5.41) is 1.99. The lowest BCUT2D eigenvalue weighted by Crippen LogP contribution is -2.30. The topological polar surface area (TPSA) is 55.2 Å². The number of fused-ring (bicyclic) bond motifs is 1. The summed E-state index contributed by atoms with van der Waals surface area (Å²) in [5.41, 5.74) is 0.937. The van der Waals surface area contributed by atoms with E-state index in [1.165, 1.54) is 16.3 Å². The van der Waals surface area contributed by atoms with Crippen molar-refractivity contribution < 1.29 is 4.79 Å². The quantitative estimate of drug-likeness (QED) is 0.441. The van der Waals surface area contributed by atoms with Gasteiger partial charge in [0.1, 0.15) is 0 Å². The molecule has 8 heteroatoms. The van der Waals surface area contributed by atoms with Gasteiger partial charge in [0, 0.05) is 23.1 Å². The van der Waals surface area contributed by atoms with E-state index in [1.54, 1.807) is 47.4 Å². The zero-order chi connectivity index (χ0) is 19.8. The van der Waals surface area contributed by atoms with Crippen molar-refractivity contribution in [2.24, 2.45) is 0 Å². The molecule has 1 aliphatic rings. The number of halogens is 2. The van der Waals surface area contributed by atoms with E-state index in [0.717, 1.165) is 12.8 Å². The minimum Gasteiger partial charge on any atom is -0.342 e. The van der Waals surface area contributed by atoms with E-state index >= 15 is 0 Å². The van der Waals surface area contributed by atoms with Crippen LogP contribution in [0.1, 0.15) is 12.8 Å². The van der Waals surface area contributed by atoms with Crippen LogP contribution in [0.5, 0.6) is 0 Å². The fourth-order valence-corrected chi connectivity index (χ4v) is 4.18. The number of carbonyl (C=O) groups is 1. The average molecular weight is 434 g/mol. The van der Waals surface area contributed by atoms with E-state index in [2.05, 4.69) is 4.98 Å². The summed E-state index contributed by atoms with van der Waals surface area (Å²) >= 11 is 13.3. The molecule has 0 saturated heterocycles. The summed E-state index contributed by atoms with van der Waals surface area (Å²) in [6.07, 6.45) is 2.10. The molecule has 0 N–H and O–H groups in total. The fraction of sp³-hybridized carbons (Fsp3) is 0.250. The highest BCUT2D eigenvalue weighted by molar-refractivity contribution is 7.99. The summed E-state index contributed by atoms with van der Waals surface area (Å²) in [4.78, 5) is 32.0. The molecule has 0 bridgehead atoms. The van der Waals surface area contributed by atoms with Crippen molar-refractivity contribution in [3.63, 3.8) is 0 Å². The van der Waals surface area contributed by atoms with Crippen LogP contribution >= 0.6 is 35.0 Å². The van der Waals surface area contributed by atoms with Gasteiger partial charge in [-0.3, -0.25) is 14.2 Å². The normalized spacial score (nSPS) is 13.7. The molecular weight excluding hydrogens is 417 g/mol. The summed E-state index contributed by atoms with van der Waals surface area (Å²) in [6.45, 7) is 0. The number of benzene rings is 2. The van der Waals surface area contributed by atoms with Gasteiger partial charge in [0.05, 0.1) is 22.3 Å². The average Bonchev–Trinajstić information content (AvgIpc) is 3.51. The second-order valence-electron chi connectivity index (χ2n) is 6.70. The molecule has 1 fully saturated rings. The second kappa shape index (κ2) is 7.78.